The molecule has 0 spiro atoms. The van der Waals surface area contributed by atoms with Crippen LogP contribution in [-0.4, -0.2) is 49.8 Å². The monoisotopic (exact) mass is 268 g/mol. The van der Waals surface area contributed by atoms with Crippen molar-refractivity contribution in [2.45, 2.75) is 24.5 Å². The van der Waals surface area contributed by atoms with Gasteiger partial charge in [-0.05, 0) is 12.1 Å². The minimum atomic E-state index is -1.63. The average molecular weight is 268 g/mol. The lowest BCUT2D eigenvalue weighted by Gasteiger charge is -2.12. The van der Waals surface area contributed by atoms with Crippen LogP contribution >= 0.6 is 0 Å². The van der Waals surface area contributed by atoms with Crippen LogP contribution in [0.5, 0.6) is 0 Å². The van der Waals surface area contributed by atoms with Gasteiger partial charge in [-0.25, -0.2) is 13.9 Å². The van der Waals surface area contributed by atoms with Crippen LogP contribution in [-0.2, 0) is 4.74 Å². The van der Waals surface area contributed by atoms with E-state index < -0.39 is 31.1 Å². The minimum Gasteiger partial charge on any atom is -0.394 e. The number of alkyl halides is 1. The van der Waals surface area contributed by atoms with Crippen molar-refractivity contribution in [2.75, 3.05) is 12.3 Å². The molecule has 2 aromatic heterocycles. The van der Waals surface area contributed by atoms with E-state index in [0.717, 1.165) is 0 Å². The summed E-state index contributed by atoms with van der Waals surface area (Å²) in [6.07, 6.45) is -3.67. The first-order valence-electron chi connectivity index (χ1n) is 5.80. The molecule has 7 nitrogen and oxygen atoms in total. The summed E-state index contributed by atoms with van der Waals surface area (Å²) in [6.45, 7) is -0.446. The van der Waals surface area contributed by atoms with Crippen LogP contribution in [0.25, 0.3) is 5.52 Å². The maximum Gasteiger partial charge on any atom is 0.160 e. The first-order valence-corrected chi connectivity index (χ1v) is 5.80. The Morgan fingerprint density at radius 2 is 2.26 bits per heavy atom. The van der Waals surface area contributed by atoms with E-state index in [1.807, 2.05) is 0 Å². The summed E-state index contributed by atoms with van der Waals surface area (Å²) >= 11 is 0. The second kappa shape index (κ2) is 4.41. The third-order valence-corrected chi connectivity index (χ3v) is 3.30. The molecule has 1 aliphatic heterocycles. The number of fused-ring (bicyclic) bond motifs is 1. The van der Waals surface area contributed by atoms with E-state index in [4.69, 9.17) is 15.6 Å². The van der Waals surface area contributed by atoms with Crippen molar-refractivity contribution in [3.8, 4) is 0 Å². The maximum atomic E-state index is 14.0. The Hall–Kier alpha value is -1.77. The van der Waals surface area contributed by atoms with Gasteiger partial charge in [0.1, 0.15) is 30.2 Å². The van der Waals surface area contributed by atoms with Gasteiger partial charge < -0.3 is 20.7 Å². The number of anilines is 1. The molecule has 0 bridgehead atoms. The summed E-state index contributed by atoms with van der Waals surface area (Å²) < 4.78 is 20.8. The van der Waals surface area contributed by atoms with Crippen molar-refractivity contribution in [1.29, 1.82) is 0 Å². The molecule has 0 aliphatic carbocycles. The Kier molecular flexibility index (Phi) is 2.85. The molecule has 1 aliphatic rings. The highest BCUT2D eigenvalue weighted by molar-refractivity contribution is 5.65. The molecule has 102 valence electrons. The number of hydrogen-bond acceptors (Lipinski definition) is 6. The number of rotatable bonds is 2. The van der Waals surface area contributed by atoms with Gasteiger partial charge in [0.2, 0.25) is 0 Å². The highest BCUT2D eigenvalue weighted by Gasteiger charge is 2.45. The molecule has 0 saturated carbocycles. The van der Waals surface area contributed by atoms with Gasteiger partial charge in [0.25, 0.3) is 0 Å². The molecular formula is C11H13FN4O3. The molecule has 0 radical (unpaired) electrons. The Morgan fingerprint density at radius 3 is 2.95 bits per heavy atom. The second-order valence-electron chi connectivity index (χ2n) is 4.41. The Balaban J connectivity index is 2.04. The lowest BCUT2D eigenvalue weighted by atomic mass is 10.1. The molecule has 4 N–H and O–H groups in total. The van der Waals surface area contributed by atoms with E-state index in [2.05, 4.69) is 10.1 Å². The number of aliphatic hydroxyl groups is 2. The van der Waals surface area contributed by atoms with Crippen LogP contribution in [0.15, 0.2) is 18.5 Å². The zero-order valence-electron chi connectivity index (χ0n) is 9.85. The van der Waals surface area contributed by atoms with Crippen LogP contribution in [0.3, 0.4) is 0 Å². The molecule has 1 fully saturated rings. The summed E-state index contributed by atoms with van der Waals surface area (Å²) in [4.78, 5) is 3.83. The van der Waals surface area contributed by atoms with E-state index in [1.54, 1.807) is 12.1 Å². The van der Waals surface area contributed by atoms with E-state index in [-0.39, 0.29) is 5.82 Å². The molecule has 1 unspecified atom stereocenters. The number of hydrogen-bond donors (Lipinski definition) is 3. The number of aliphatic hydroxyl groups excluding tert-OH is 2. The molecule has 3 heterocycles. The van der Waals surface area contributed by atoms with Gasteiger partial charge in [0.05, 0.1) is 12.3 Å². The van der Waals surface area contributed by atoms with Crippen LogP contribution in [0.2, 0.25) is 0 Å². The van der Waals surface area contributed by atoms with Gasteiger partial charge in [0.15, 0.2) is 12.0 Å². The standard InChI is InChI=1S/C11H13FN4O3/c12-8-9(18)7(3-17)19-10(8)5-1-2-6-11(13)14-4-15-16(5)6/h1-2,4,7-10,17-18H,3H2,(H2,13,14,15)/t7-,8-,9-,10?/m1/s1. The molecule has 1 saturated heterocycles. The average Bonchev–Trinajstić information content (AvgIpc) is 2.94. The largest absolute Gasteiger partial charge is 0.394 e. The second-order valence-corrected chi connectivity index (χ2v) is 4.41. The normalized spacial score (nSPS) is 31.1. The molecule has 2 aromatic rings. The maximum absolute atomic E-state index is 14.0. The van der Waals surface area contributed by atoms with E-state index in [9.17, 15) is 9.50 Å². The smallest absolute Gasteiger partial charge is 0.160 e. The van der Waals surface area contributed by atoms with E-state index >= 15 is 0 Å². The van der Waals surface area contributed by atoms with Crippen LogP contribution < -0.4 is 5.73 Å². The number of aromatic nitrogens is 3. The van der Waals surface area contributed by atoms with Gasteiger partial charge in [-0.2, -0.15) is 5.10 Å². The molecule has 3 rings (SSSR count). The topological polar surface area (TPSA) is 106 Å². The van der Waals surface area contributed by atoms with Crippen molar-refractivity contribution >= 4 is 11.3 Å². The number of ether oxygens (including phenoxy) is 1. The van der Waals surface area contributed by atoms with Crippen molar-refractivity contribution in [3.05, 3.63) is 24.2 Å². The quantitative estimate of drug-likeness (QED) is 0.674. The van der Waals surface area contributed by atoms with Crippen LogP contribution in [0.1, 0.15) is 11.8 Å². The molecule has 0 amide bonds. The lowest BCUT2D eigenvalue weighted by Crippen LogP contribution is -2.30. The van der Waals surface area contributed by atoms with Crippen molar-refractivity contribution < 1.29 is 19.3 Å². The number of nitrogens with zero attached hydrogens (tertiary/aromatic N) is 3. The van der Waals surface area contributed by atoms with Crippen molar-refractivity contribution in [3.63, 3.8) is 0 Å². The van der Waals surface area contributed by atoms with Crippen molar-refractivity contribution in [2.24, 2.45) is 0 Å². The highest BCUT2D eigenvalue weighted by atomic mass is 19.1. The van der Waals surface area contributed by atoms with Crippen molar-refractivity contribution in [1.82, 2.24) is 14.6 Å². The summed E-state index contributed by atoms with van der Waals surface area (Å²) in [6, 6.07) is 3.27. The fraction of sp³-hybridized carbons (Fsp3) is 0.455. The molecule has 0 aromatic carbocycles. The van der Waals surface area contributed by atoms with Gasteiger partial charge >= 0.3 is 0 Å². The lowest BCUT2D eigenvalue weighted by molar-refractivity contribution is -0.0241. The van der Waals surface area contributed by atoms with E-state index in [1.165, 1.54) is 10.8 Å². The summed E-state index contributed by atoms with van der Waals surface area (Å²) in [5.41, 5.74) is 6.65. The molecule has 8 heteroatoms. The zero-order valence-corrected chi connectivity index (χ0v) is 9.85. The predicted octanol–water partition coefficient (Wildman–Crippen LogP) is -0.557. The van der Waals surface area contributed by atoms with E-state index in [0.29, 0.717) is 11.2 Å². The van der Waals surface area contributed by atoms with Gasteiger partial charge in [0, 0.05) is 0 Å². The zero-order chi connectivity index (χ0) is 13.6. The first kappa shape index (κ1) is 12.3. The van der Waals surface area contributed by atoms with Crippen LogP contribution in [0.4, 0.5) is 10.2 Å². The van der Waals surface area contributed by atoms with Gasteiger partial charge in [-0.3, -0.25) is 0 Å². The summed E-state index contributed by atoms with van der Waals surface area (Å²) in [5.74, 6) is 0.272. The number of halogens is 1. The fourth-order valence-electron chi connectivity index (χ4n) is 2.30. The Morgan fingerprint density at radius 1 is 1.47 bits per heavy atom. The summed E-state index contributed by atoms with van der Waals surface area (Å²) in [5, 5.41) is 22.6. The summed E-state index contributed by atoms with van der Waals surface area (Å²) in [7, 11) is 0. The Labute approximate surface area is 107 Å². The third kappa shape index (κ3) is 1.76. The fourth-order valence-corrected chi connectivity index (χ4v) is 2.30. The number of nitrogen functional groups attached to an aromatic ring is 1. The molecule has 4 atom stereocenters. The van der Waals surface area contributed by atoms with Gasteiger partial charge in [-0.1, -0.05) is 0 Å². The third-order valence-electron chi connectivity index (χ3n) is 3.30. The molecule has 19 heavy (non-hydrogen) atoms. The molecular weight excluding hydrogens is 255 g/mol. The SMILES string of the molecule is Nc1ncnn2c(C3O[C@H](CO)[C@@H](O)[C@H]3F)ccc12. The van der Waals surface area contributed by atoms with Crippen LogP contribution in [0, 0.1) is 0 Å². The Bertz CT molecular complexity index is 605. The highest BCUT2D eigenvalue weighted by Crippen LogP contribution is 2.36. The minimum absolute atomic E-state index is 0.272. The first-order chi connectivity index (χ1) is 9.13. The predicted molar refractivity (Wildman–Crippen MR) is 63.0 cm³/mol. The number of nitrogens with two attached hydrogens (primary N) is 1. The van der Waals surface area contributed by atoms with Gasteiger partial charge in [-0.15, -0.1) is 0 Å².